The summed E-state index contributed by atoms with van der Waals surface area (Å²) in [6.45, 7) is 4.90. The molecule has 3 aromatic rings. The van der Waals surface area contributed by atoms with E-state index < -0.39 is 23.8 Å². The van der Waals surface area contributed by atoms with Crippen LogP contribution in [0.2, 0.25) is 0 Å². The fourth-order valence-electron chi connectivity index (χ4n) is 3.86. The predicted octanol–water partition coefficient (Wildman–Crippen LogP) is 5.48. The zero-order chi connectivity index (χ0) is 21.3. The van der Waals surface area contributed by atoms with Gasteiger partial charge >= 0.3 is 0 Å². The number of aryl methyl sites for hydroxylation is 1. The Balaban J connectivity index is 1.70. The summed E-state index contributed by atoms with van der Waals surface area (Å²) in [5, 5.41) is 3.90. The number of hydrogen-bond donors (Lipinski definition) is 1. The predicted molar refractivity (Wildman–Crippen MR) is 108 cm³/mol. The van der Waals surface area contributed by atoms with Crippen molar-refractivity contribution in [3.05, 3.63) is 58.8 Å². The maximum Gasteiger partial charge on any atom is 0.266 e. The van der Waals surface area contributed by atoms with Crippen LogP contribution in [0.25, 0.3) is 11.0 Å². The smallest absolute Gasteiger partial charge is 0.266 e. The quantitative estimate of drug-likeness (QED) is 0.597. The Morgan fingerprint density at radius 3 is 2.60 bits per heavy atom. The Labute approximate surface area is 172 Å². The SMILES string of the molecule is Cc1nc(N[C@H](C)c2cccc(C(F)F)c2F)c2cc(C3CCOCC3)cnc2n1. The van der Waals surface area contributed by atoms with E-state index in [9.17, 15) is 13.2 Å². The minimum atomic E-state index is -2.87. The molecule has 1 aliphatic heterocycles. The third-order valence-corrected chi connectivity index (χ3v) is 5.49. The first kappa shape index (κ1) is 20.5. The Morgan fingerprint density at radius 1 is 1.13 bits per heavy atom. The van der Waals surface area contributed by atoms with Crippen LogP contribution in [0.5, 0.6) is 0 Å². The molecule has 0 unspecified atom stereocenters. The molecule has 1 N–H and O–H groups in total. The third kappa shape index (κ3) is 4.09. The molecule has 30 heavy (non-hydrogen) atoms. The van der Waals surface area contributed by atoms with Crippen molar-refractivity contribution in [3.8, 4) is 0 Å². The topological polar surface area (TPSA) is 59.9 Å². The molecule has 1 atom stereocenters. The van der Waals surface area contributed by atoms with Crippen molar-refractivity contribution in [1.82, 2.24) is 15.0 Å². The minimum absolute atomic E-state index is 0.158. The molecule has 0 amide bonds. The minimum Gasteiger partial charge on any atom is -0.381 e. The van der Waals surface area contributed by atoms with Crippen molar-refractivity contribution < 1.29 is 17.9 Å². The molecule has 4 rings (SSSR count). The molecule has 8 heteroatoms. The molecule has 0 radical (unpaired) electrons. The number of alkyl halides is 2. The monoisotopic (exact) mass is 416 g/mol. The zero-order valence-electron chi connectivity index (χ0n) is 16.8. The molecule has 3 heterocycles. The van der Waals surface area contributed by atoms with Crippen LogP contribution in [0.4, 0.5) is 19.0 Å². The average Bonchev–Trinajstić information content (AvgIpc) is 2.74. The number of rotatable bonds is 5. The molecular weight excluding hydrogens is 393 g/mol. The lowest BCUT2D eigenvalue weighted by Crippen LogP contribution is -2.15. The van der Waals surface area contributed by atoms with Gasteiger partial charge in [-0.15, -0.1) is 0 Å². The summed E-state index contributed by atoms with van der Waals surface area (Å²) >= 11 is 0. The second kappa shape index (κ2) is 8.55. The Kier molecular flexibility index (Phi) is 5.85. The molecule has 0 saturated carbocycles. The van der Waals surface area contributed by atoms with Gasteiger partial charge < -0.3 is 10.1 Å². The fourth-order valence-corrected chi connectivity index (χ4v) is 3.86. The molecule has 1 aliphatic rings. The van der Waals surface area contributed by atoms with Crippen LogP contribution in [0.1, 0.15) is 60.7 Å². The summed E-state index contributed by atoms with van der Waals surface area (Å²) in [6, 6.07) is 5.48. The van der Waals surface area contributed by atoms with Gasteiger partial charge in [-0.3, -0.25) is 0 Å². The number of hydrogen-bond acceptors (Lipinski definition) is 5. The van der Waals surface area contributed by atoms with Crippen LogP contribution in [0.15, 0.2) is 30.5 Å². The number of nitrogens with one attached hydrogen (secondary N) is 1. The highest BCUT2D eigenvalue weighted by Crippen LogP contribution is 2.32. The molecule has 5 nitrogen and oxygen atoms in total. The van der Waals surface area contributed by atoms with Crippen molar-refractivity contribution in [1.29, 1.82) is 0 Å². The Bertz CT molecular complexity index is 1050. The van der Waals surface area contributed by atoms with Gasteiger partial charge in [0.05, 0.1) is 17.0 Å². The van der Waals surface area contributed by atoms with Crippen LogP contribution < -0.4 is 5.32 Å². The van der Waals surface area contributed by atoms with E-state index in [1.807, 2.05) is 12.3 Å². The number of benzene rings is 1. The Hall–Kier alpha value is -2.74. The van der Waals surface area contributed by atoms with E-state index in [1.165, 1.54) is 12.1 Å². The zero-order valence-corrected chi connectivity index (χ0v) is 16.8. The summed E-state index contributed by atoms with van der Waals surface area (Å²) in [5.41, 5.74) is 1.17. The molecule has 1 aromatic carbocycles. The molecule has 1 saturated heterocycles. The van der Waals surface area contributed by atoms with Crippen molar-refractivity contribution >= 4 is 16.9 Å². The van der Waals surface area contributed by atoms with Gasteiger partial charge in [0.1, 0.15) is 17.5 Å². The maximum absolute atomic E-state index is 14.6. The summed E-state index contributed by atoms with van der Waals surface area (Å²) in [4.78, 5) is 13.4. The summed E-state index contributed by atoms with van der Waals surface area (Å²) in [7, 11) is 0. The third-order valence-electron chi connectivity index (χ3n) is 5.49. The molecular formula is C22H23F3N4O. The maximum atomic E-state index is 14.6. The number of halogens is 3. The van der Waals surface area contributed by atoms with Crippen LogP contribution in [-0.4, -0.2) is 28.2 Å². The fraction of sp³-hybridized carbons (Fsp3) is 0.409. The highest BCUT2D eigenvalue weighted by atomic mass is 19.3. The second-order valence-electron chi connectivity index (χ2n) is 7.56. The number of aromatic nitrogens is 3. The lowest BCUT2D eigenvalue weighted by atomic mass is 9.92. The molecule has 158 valence electrons. The van der Waals surface area contributed by atoms with E-state index >= 15 is 0 Å². The summed E-state index contributed by atoms with van der Waals surface area (Å²) in [5.74, 6) is 0.476. The van der Waals surface area contributed by atoms with Gasteiger partial charge in [0.2, 0.25) is 0 Å². The lowest BCUT2D eigenvalue weighted by Gasteiger charge is -2.23. The van der Waals surface area contributed by atoms with E-state index in [-0.39, 0.29) is 5.56 Å². The van der Waals surface area contributed by atoms with Gasteiger partial charge in [-0.05, 0) is 44.2 Å². The molecule has 0 aliphatic carbocycles. The highest BCUT2D eigenvalue weighted by Gasteiger charge is 2.21. The number of fused-ring (bicyclic) bond motifs is 1. The lowest BCUT2D eigenvalue weighted by molar-refractivity contribution is 0.0853. The molecule has 0 bridgehead atoms. The van der Waals surface area contributed by atoms with Crippen molar-refractivity contribution in [2.45, 2.75) is 45.1 Å². The van der Waals surface area contributed by atoms with Crippen LogP contribution >= 0.6 is 0 Å². The van der Waals surface area contributed by atoms with Gasteiger partial charge in [0.25, 0.3) is 6.43 Å². The normalized spacial score (nSPS) is 16.2. The first-order chi connectivity index (χ1) is 14.4. The molecule has 1 fully saturated rings. The second-order valence-corrected chi connectivity index (χ2v) is 7.56. The van der Waals surface area contributed by atoms with Crippen molar-refractivity contribution in [3.63, 3.8) is 0 Å². The van der Waals surface area contributed by atoms with Crippen molar-refractivity contribution in [2.75, 3.05) is 18.5 Å². The van der Waals surface area contributed by atoms with E-state index in [4.69, 9.17) is 4.74 Å². The first-order valence-corrected chi connectivity index (χ1v) is 9.99. The standard InChI is InChI=1S/C22H23F3N4O/c1-12(16-4-3-5-17(19(16)23)20(24)25)27-22-18-10-15(14-6-8-30-9-7-14)11-26-21(18)28-13(2)29-22/h3-5,10-12,14,20H,6-9H2,1-2H3,(H,26,27,28,29)/t12-/m1/s1. The number of pyridine rings is 1. The molecule has 0 spiro atoms. The van der Waals surface area contributed by atoms with Crippen LogP contribution in [0, 0.1) is 12.7 Å². The number of nitrogens with zero attached hydrogens (tertiary/aromatic N) is 3. The van der Waals surface area contributed by atoms with Crippen molar-refractivity contribution in [2.24, 2.45) is 0 Å². The largest absolute Gasteiger partial charge is 0.381 e. The van der Waals surface area contributed by atoms with Crippen LogP contribution in [-0.2, 0) is 4.74 Å². The van der Waals surface area contributed by atoms with Gasteiger partial charge in [0, 0.05) is 25.0 Å². The molecule has 2 aromatic heterocycles. The number of ether oxygens (including phenoxy) is 1. The average molecular weight is 416 g/mol. The van der Waals surface area contributed by atoms with Gasteiger partial charge in [-0.25, -0.2) is 28.1 Å². The van der Waals surface area contributed by atoms with E-state index in [0.29, 0.717) is 23.2 Å². The number of anilines is 1. The highest BCUT2D eigenvalue weighted by molar-refractivity contribution is 5.87. The van der Waals surface area contributed by atoms with E-state index in [2.05, 4.69) is 20.3 Å². The van der Waals surface area contributed by atoms with E-state index in [1.54, 1.807) is 13.8 Å². The van der Waals surface area contributed by atoms with E-state index in [0.717, 1.165) is 43.1 Å². The van der Waals surface area contributed by atoms with Crippen LogP contribution in [0.3, 0.4) is 0 Å². The summed E-state index contributed by atoms with van der Waals surface area (Å²) in [6.07, 6.45) is 0.810. The van der Waals surface area contributed by atoms with Gasteiger partial charge in [0.15, 0.2) is 5.65 Å². The first-order valence-electron chi connectivity index (χ1n) is 9.99. The van der Waals surface area contributed by atoms with Gasteiger partial charge in [-0.1, -0.05) is 18.2 Å². The Morgan fingerprint density at radius 2 is 1.87 bits per heavy atom. The van der Waals surface area contributed by atoms with Gasteiger partial charge in [-0.2, -0.15) is 0 Å². The summed E-state index contributed by atoms with van der Waals surface area (Å²) < 4.78 is 46.2.